The van der Waals surface area contributed by atoms with E-state index in [1.807, 2.05) is 30.3 Å². The maximum atomic E-state index is 11.3. The van der Waals surface area contributed by atoms with E-state index in [1.54, 1.807) is 0 Å². The molecule has 1 rings (SSSR count). The number of hydrogen-bond donors (Lipinski definition) is 0. The Hall–Kier alpha value is 0.130. The van der Waals surface area contributed by atoms with Crippen LogP contribution in [0, 0.1) is 0 Å². The van der Waals surface area contributed by atoms with Crippen molar-refractivity contribution < 1.29 is 9.53 Å². The third kappa shape index (κ3) is 6.33. The van der Waals surface area contributed by atoms with Crippen LogP contribution in [0.1, 0.15) is 12.0 Å². The number of ether oxygens (including phenoxy) is 1. The van der Waals surface area contributed by atoms with E-state index >= 15 is 0 Å². The standard InChI is InChI=1S/C10H9Br3O2/c11-10(12,13)6-9(14)15-7-8-4-2-1-3-5-8/h1-5H,6-7H2. The van der Waals surface area contributed by atoms with Gasteiger partial charge in [-0.1, -0.05) is 78.1 Å². The van der Waals surface area contributed by atoms with Gasteiger partial charge in [0.05, 0.1) is 6.42 Å². The highest BCUT2D eigenvalue weighted by Crippen LogP contribution is 2.37. The van der Waals surface area contributed by atoms with Crippen molar-refractivity contribution in [1.82, 2.24) is 0 Å². The Kier molecular flexibility index (Phi) is 5.29. The Balaban J connectivity index is 2.35. The average Bonchev–Trinajstić information content (AvgIpc) is 2.14. The van der Waals surface area contributed by atoms with Crippen LogP contribution in [0.2, 0.25) is 0 Å². The lowest BCUT2D eigenvalue weighted by Crippen LogP contribution is -2.12. The van der Waals surface area contributed by atoms with E-state index in [0.717, 1.165) is 5.56 Å². The fourth-order valence-corrected chi connectivity index (χ4v) is 1.64. The van der Waals surface area contributed by atoms with Crippen molar-refractivity contribution in [2.24, 2.45) is 0 Å². The van der Waals surface area contributed by atoms with Crippen LogP contribution < -0.4 is 0 Å². The molecule has 0 radical (unpaired) electrons. The van der Waals surface area contributed by atoms with Crippen LogP contribution in [0.3, 0.4) is 0 Å². The van der Waals surface area contributed by atoms with Crippen LogP contribution in [0.15, 0.2) is 30.3 Å². The predicted molar refractivity (Wildman–Crippen MR) is 70.4 cm³/mol. The summed E-state index contributed by atoms with van der Waals surface area (Å²) >= 11 is 9.71. The van der Waals surface area contributed by atoms with Gasteiger partial charge in [-0.15, -0.1) is 0 Å². The van der Waals surface area contributed by atoms with Gasteiger partial charge in [0.1, 0.15) is 8.75 Å². The molecule has 0 unspecified atom stereocenters. The zero-order valence-corrected chi connectivity index (χ0v) is 12.5. The van der Waals surface area contributed by atoms with Crippen molar-refractivity contribution in [3.8, 4) is 0 Å². The minimum atomic E-state index is -0.569. The number of carbonyl (C=O) groups excluding carboxylic acids is 1. The summed E-state index contributed by atoms with van der Waals surface area (Å²) in [7, 11) is 0. The maximum Gasteiger partial charge on any atom is 0.309 e. The fraction of sp³-hybridized carbons (Fsp3) is 0.300. The molecule has 2 nitrogen and oxygen atoms in total. The van der Waals surface area contributed by atoms with Gasteiger partial charge in [0.2, 0.25) is 0 Å². The predicted octanol–water partition coefficient (Wildman–Crippen LogP) is 3.96. The second kappa shape index (κ2) is 6.01. The smallest absolute Gasteiger partial charge is 0.309 e. The van der Waals surface area contributed by atoms with Gasteiger partial charge in [-0.3, -0.25) is 4.79 Å². The summed E-state index contributed by atoms with van der Waals surface area (Å²) in [5.74, 6) is -0.274. The van der Waals surface area contributed by atoms with Gasteiger partial charge in [0.15, 0.2) is 0 Å². The molecule has 0 aliphatic rings. The van der Waals surface area contributed by atoms with Gasteiger partial charge < -0.3 is 4.74 Å². The molecule has 15 heavy (non-hydrogen) atoms. The lowest BCUT2D eigenvalue weighted by Gasteiger charge is -2.11. The molecule has 0 spiro atoms. The summed E-state index contributed by atoms with van der Waals surface area (Å²) < 4.78 is 4.51. The largest absolute Gasteiger partial charge is 0.461 e. The van der Waals surface area contributed by atoms with Crippen LogP contribution in [-0.4, -0.2) is 8.11 Å². The van der Waals surface area contributed by atoms with Crippen LogP contribution in [0.5, 0.6) is 0 Å². The van der Waals surface area contributed by atoms with E-state index in [4.69, 9.17) is 4.74 Å². The van der Waals surface area contributed by atoms with Crippen molar-refractivity contribution in [1.29, 1.82) is 0 Å². The van der Waals surface area contributed by atoms with Crippen molar-refractivity contribution in [2.75, 3.05) is 0 Å². The van der Waals surface area contributed by atoms with Crippen LogP contribution >= 0.6 is 47.8 Å². The number of hydrogen-bond acceptors (Lipinski definition) is 2. The Morgan fingerprint density at radius 2 is 1.80 bits per heavy atom. The van der Waals surface area contributed by atoms with Gasteiger partial charge >= 0.3 is 5.97 Å². The van der Waals surface area contributed by atoms with Crippen LogP contribution in [0.4, 0.5) is 0 Å². The van der Waals surface area contributed by atoms with Crippen LogP contribution in [-0.2, 0) is 16.1 Å². The lowest BCUT2D eigenvalue weighted by atomic mass is 10.2. The van der Waals surface area contributed by atoms with Crippen molar-refractivity contribution in [3.63, 3.8) is 0 Å². The summed E-state index contributed by atoms with van der Waals surface area (Å²) in [5, 5.41) is 0. The molecule has 0 amide bonds. The molecule has 0 fully saturated rings. The van der Waals surface area contributed by atoms with E-state index in [2.05, 4.69) is 47.8 Å². The number of esters is 1. The highest BCUT2D eigenvalue weighted by Gasteiger charge is 2.23. The molecule has 0 aromatic heterocycles. The van der Waals surface area contributed by atoms with E-state index in [0.29, 0.717) is 6.61 Å². The van der Waals surface area contributed by atoms with Gasteiger partial charge in [0.25, 0.3) is 0 Å². The van der Waals surface area contributed by atoms with Gasteiger partial charge in [-0.05, 0) is 5.56 Å². The van der Waals surface area contributed by atoms with Crippen molar-refractivity contribution in [2.45, 2.75) is 15.2 Å². The molecule has 0 saturated heterocycles. The number of alkyl halides is 3. The number of benzene rings is 1. The summed E-state index contributed by atoms with van der Waals surface area (Å²) in [5.41, 5.74) is 0.982. The first-order valence-corrected chi connectivity index (χ1v) is 6.61. The average molecular weight is 401 g/mol. The number of halogens is 3. The number of rotatable bonds is 3. The van der Waals surface area contributed by atoms with E-state index in [-0.39, 0.29) is 12.4 Å². The first-order valence-electron chi connectivity index (χ1n) is 4.24. The van der Waals surface area contributed by atoms with Gasteiger partial charge in [-0.2, -0.15) is 0 Å². The molecular weight excluding hydrogens is 392 g/mol. The van der Waals surface area contributed by atoms with E-state index in [1.165, 1.54) is 0 Å². The van der Waals surface area contributed by atoms with E-state index < -0.39 is 2.14 Å². The number of carbonyl (C=O) groups is 1. The Morgan fingerprint density at radius 3 is 2.33 bits per heavy atom. The van der Waals surface area contributed by atoms with Gasteiger partial charge in [0, 0.05) is 0 Å². The molecule has 0 aliphatic carbocycles. The molecule has 1 aromatic rings. The molecule has 0 aliphatic heterocycles. The maximum absolute atomic E-state index is 11.3. The molecule has 0 heterocycles. The minimum absolute atomic E-state index is 0.208. The van der Waals surface area contributed by atoms with Crippen LogP contribution in [0.25, 0.3) is 0 Å². The van der Waals surface area contributed by atoms with Crippen molar-refractivity contribution >= 4 is 53.8 Å². The normalized spacial score (nSPS) is 11.1. The summed E-state index contributed by atoms with van der Waals surface area (Å²) in [6, 6.07) is 9.57. The fourth-order valence-electron chi connectivity index (χ4n) is 0.953. The molecule has 0 saturated carbocycles. The molecule has 5 heteroatoms. The monoisotopic (exact) mass is 398 g/mol. The molecule has 1 aromatic carbocycles. The first kappa shape index (κ1) is 13.2. The Labute approximate surface area is 114 Å². The molecule has 0 N–H and O–H groups in total. The SMILES string of the molecule is O=C(CC(Br)(Br)Br)OCc1ccccc1. The highest BCUT2D eigenvalue weighted by atomic mass is 80.0. The molecular formula is C10H9Br3O2. The van der Waals surface area contributed by atoms with E-state index in [9.17, 15) is 4.79 Å². The first-order chi connectivity index (χ1) is 6.97. The van der Waals surface area contributed by atoms with Gasteiger partial charge in [-0.25, -0.2) is 0 Å². The second-order valence-corrected chi connectivity index (χ2v) is 10.2. The Morgan fingerprint density at radius 1 is 1.20 bits per heavy atom. The molecule has 82 valence electrons. The second-order valence-electron chi connectivity index (χ2n) is 2.94. The lowest BCUT2D eigenvalue weighted by molar-refractivity contribution is -0.144. The third-order valence-electron chi connectivity index (χ3n) is 1.59. The Bertz CT molecular complexity index is 319. The summed E-state index contributed by atoms with van der Waals surface area (Å²) in [6.45, 7) is 0.308. The molecule has 0 bridgehead atoms. The highest BCUT2D eigenvalue weighted by molar-refractivity contribution is 9.39. The zero-order chi connectivity index (χ0) is 11.3. The zero-order valence-electron chi connectivity index (χ0n) is 7.75. The molecule has 0 atom stereocenters. The minimum Gasteiger partial charge on any atom is -0.461 e. The third-order valence-corrected chi connectivity index (χ3v) is 2.43. The quantitative estimate of drug-likeness (QED) is 0.567. The topological polar surface area (TPSA) is 26.3 Å². The van der Waals surface area contributed by atoms with Crippen molar-refractivity contribution in [3.05, 3.63) is 35.9 Å². The summed E-state index contributed by atoms with van der Waals surface area (Å²) in [6.07, 6.45) is 0.208. The summed E-state index contributed by atoms with van der Waals surface area (Å²) in [4.78, 5) is 11.3.